The Morgan fingerprint density at radius 2 is 2.17 bits per heavy atom. The highest BCUT2D eigenvalue weighted by molar-refractivity contribution is 5.90. The Bertz CT molecular complexity index is 470. The molecule has 7 heteroatoms. The number of nitrogens with one attached hydrogen (secondary N) is 1. The van der Waals surface area contributed by atoms with Crippen LogP contribution >= 0.6 is 0 Å². The minimum Gasteiger partial charge on any atom is -0.465 e. The van der Waals surface area contributed by atoms with Gasteiger partial charge in [0.25, 0.3) is 0 Å². The van der Waals surface area contributed by atoms with Crippen LogP contribution in [0.5, 0.6) is 0 Å². The lowest BCUT2D eigenvalue weighted by Crippen LogP contribution is -2.38. The van der Waals surface area contributed by atoms with Crippen molar-refractivity contribution in [2.75, 3.05) is 12.4 Å². The monoisotopic (exact) mass is 260 g/mol. The van der Waals surface area contributed by atoms with E-state index in [1.807, 2.05) is 0 Å². The molecule has 0 radical (unpaired) electrons. The molecule has 18 heavy (non-hydrogen) atoms. The van der Waals surface area contributed by atoms with Crippen LogP contribution in [0, 0.1) is 0 Å². The highest BCUT2D eigenvalue weighted by Gasteiger charge is 2.63. The van der Waals surface area contributed by atoms with Crippen LogP contribution in [-0.4, -0.2) is 29.8 Å². The van der Waals surface area contributed by atoms with Gasteiger partial charge in [-0.05, 0) is 25.0 Å². The molecular formula is C11H11F3N2O2. The predicted molar refractivity (Wildman–Crippen MR) is 57.2 cm³/mol. The van der Waals surface area contributed by atoms with E-state index in [0.717, 1.165) is 0 Å². The molecule has 4 nitrogen and oxygen atoms in total. The molecule has 0 unspecified atom stereocenters. The van der Waals surface area contributed by atoms with E-state index in [9.17, 15) is 18.0 Å². The Labute approximate surface area is 101 Å². The molecule has 1 saturated carbocycles. The summed E-state index contributed by atoms with van der Waals surface area (Å²) in [5.41, 5.74) is -1.73. The van der Waals surface area contributed by atoms with Crippen molar-refractivity contribution >= 4 is 11.8 Å². The SMILES string of the molecule is COC(=O)c1ccnc(NC2(C(F)(F)F)CC2)c1. The molecule has 0 spiro atoms. The summed E-state index contributed by atoms with van der Waals surface area (Å²) in [5.74, 6) is -0.593. The lowest BCUT2D eigenvalue weighted by Gasteiger charge is -2.21. The summed E-state index contributed by atoms with van der Waals surface area (Å²) in [6.45, 7) is 0. The lowest BCUT2D eigenvalue weighted by molar-refractivity contribution is -0.151. The second-order valence-corrected chi connectivity index (χ2v) is 4.13. The van der Waals surface area contributed by atoms with Gasteiger partial charge in [0.15, 0.2) is 0 Å². The predicted octanol–water partition coefficient (Wildman–Crippen LogP) is 2.38. The third-order valence-corrected chi connectivity index (χ3v) is 2.84. The fraction of sp³-hybridized carbons (Fsp3) is 0.455. The van der Waals surface area contributed by atoms with E-state index in [4.69, 9.17) is 0 Å². The van der Waals surface area contributed by atoms with E-state index in [-0.39, 0.29) is 24.2 Å². The van der Waals surface area contributed by atoms with Gasteiger partial charge in [0.2, 0.25) is 0 Å². The van der Waals surface area contributed by atoms with Gasteiger partial charge in [0.1, 0.15) is 11.4 Å². The van der Waals surface area contributed by atoms with Crippen LogP contribution < -0.4 is 5.32 Å². The van der Waals surface area contributed by atoms with Crippen molar-refractivity contribution in [1.29, 1.82) is 0 Å². The van der Waals surface area contributed by atoms with Gasteiger partial charge in [-0.2, -0.15) is 13.2 Å². The number of carbonyl (C=O) groups excluding carboxylic acids is 1. The van der Waals surface area contributed by atoms with Crippen LogP contribution in [0.15, 0.2) is 18.3 Å². The lowest BCUT2D eigenvalue weighted by atomic mass is 10.2. The quantitative estimate of drug-likeness (QED) is 0.848. The molecule has 1 N–H and O–H groups in total. The maximum atomic E-state index is 12.7. The molecular weight excluding hydrogens is 249 g/mol. The molecule has 0 bridgehead atoms. The number of anilines is 1. The highest BCUT2D eigenvalue weighted by atomic mass is 19.4. The second kappa shape index (κ2) is 4.15. The van der Waals surface area contributed by atoms with E-state index in [1.54, 1.807) is 0 Å². The highest BCUT2D eigenvalue weighted by Crippen LogP contribution is 2.50. The van der Waals surface area contributed by atoms with Crippen LogP contribution in [0.25, 0.3) is 0 Å². The summed E-state index contributed by atoms with van der Waals surface area (Å²) < 4.78 is 42.7. The standard InChI is InChI=1S/C11H11F3N2O2/c1-18-9(17)7-2-5-15-8(6-7)16-10(3-4-10)11(12,13)14/h2,5-6H,3-4H2,1H3,(H,15,16). The number of pyridine rings is 1. The van der Waals surface area contributed by atoms with Gasteiger partial charge >= 0.3 is 12.1 Å². The Morgan fingerprint density at radius 3 is 2.67 bits per heavy atom. The zero-order chi connectivity index (χ0) is 13.4. The first-order chi connectivity index (χ1) is 8.38. The number of hydrogen-bond donors (Lipinski definition) is 1. The fourth-order valence-electron chi connectivity index (χ4n) is 1.59. The number of carbonyl (C=O) groups is 1. The van der Waals surface area contributed by atoms with Crippen LogP contribution in [-0.2, 0) is 4.74 Å². The molecule has 0 aromatic carbocycles. The van der Waals surface area contributed by atoms with E-state index in [2.05, 4.69) is 15.0 Å². The molecule has 0 aliphatic heterocycles. The normalized spacial score (nSPS) is 17.1. The number of alkyl halides is 3. The summed E-state index contributed by atoms with van der Waals surface area (Å²) >= 11 is 0. The van der Waals surface area contributed by atoms with Crippen LogP contribution in [0.1, 0.15) is 23.2 Å². The molecule has 0 saturated heterocycles. The number of halogens is 3. The van der Waals surface area contributed by atoms with Gasteiger partial charge in [-0.3, -0.25) is 0 Å². The van der Waals surface area contributed by atoms with Gasteiger partial charge in [-0.1, -0.05) is 0 Å². The molecule has 1 heterocycles. The topological polar surface area (TPSA) is 51.2 Å². The van der Waals surface area contributed by atoms with Crippen LogP contribution in [0.3, 0.4) is 0 Å². The van der Waals surface area contributed by atoms with E-state index in [1.165, 1.54) is 25.4 Å². The Kier molecular flexibility index (Phi) is 2.92. The third-order valence-electron chi connectivity index (χ3n) is 2.84. The number of methoxy groups -OCH3 is 1. The van der Waals surface area contributed by atoms with Crippen molar-refractivity contribution in [2.45, 2.75) is 24.6 Å². The summed E-state index contributed by atoms with van der Waals surface area (Å²) in [6, 6.07) is 2.63. The van der Waals surface area contributed by atoms with Gasteiger partial charge in [-0.25, -0.2) is 9.78 Å². The number of hydrogen-bond acceptors (Lipinski definition) is 4. The maximum absolute atomic E-state index is 12.7. The third kappa shape index (κ3) is 2.25. The summed E-state index contributed by atoms with van der Waals surface area (Å²) in [6.07, 6.45) is -3.03. The zero-order valence-corrected chi connectivity index (χ0v) is 9.54. The molecule has 1 aromatic heterocycles. The summed E-state index contributed by atoms with van der Waals surface area (Å²) in [5, 5.41) is 2.34. The molecule has 1 aromatic rings. The second-order valence-electron chi connectivity index (χ2n) is 4.13. The van der Waals surface area contributed by atoms with Crippen LogP contribution in [0.2, 0.25) is 0 Å². The Balaban J connectivity index is 2.18. The molecule has 1 aliphatic carbocycles. The first-order valence-corrected chi connectivity index (χ1v) is 5.27. The minimum absolute atomic E-state index is 0.0145. The number of esters is 1. The van der Waals surface area contributed by atoms with Crippen molar-refractivity contribution < 1.29 is 22.7 Å². The molecule has 98 valence electrons. The van der Waals surface area contributed by atoms with Gasteiger partial charge in [0, 0.05) is 6.20 Å². The summed E-state index contributed by atoms with van der Waals surface area (Å²) in [4.78, 5) is 15.0. The average Bonchev–Trinajstić information content (AvgIpc) is 3.08. The van der Waals surface area contributed by atoms with Crippen molar-refractivity contribution in [2.24, 2.45) is 0 Å². The van der Waals surface area contributed by atoms with E-state index < -0.39 is 17.7 Å². The van der Waals surface area contributed by atoms with Crippen molar-refractivity contribution in [3.8, 4) is 0 Å². The van der Waals surface area contributed by atoms with Crippen molar-refractivity contribution in [1.82, 2.24) is 4.98 Å². The molecule has 0 amide bonds. The Morgan fingerprint density at radius 1 is 1.50 bits per heavy atom. The van der Waals surface area contributed by atoms with Gasteiger partial charge in [0.05, 0.1) is 12.7 Å². The zero-order valence-electron chi connectivity index (χ0n) is 9.54. The molecule has 0 atom stereocenters. The van der Waals surface area contributed by atoms with Crippen LogP contribution in [0.4, 0.5) is 19.0 Å². The maximum Gasteiger partial charge on any atom is 0.411 e. The van der Waals surface area contributed by atoms with E-state index >= 15 is 0 Å². The number of ether oxygens (including phenoxy) is 1. The first-order valence-electron chi connectivity index (χ1n) is 5.27. The molecule has 1 fully saturated rings. The largest absolute Gasteiger partial charge is 0.465 e. The van der Waals surface area contributed by atoms with Gasteiger partial charge in [-0.15, -0.1) is 0 Å². The van der Waals surface area contributed by atoms with E-state index in [0.29, 0.717) is 0 Å². The Hall–Kier alpha value is -1.79. The summed E-state index contributed by atoms with van der Waals surface area (Å²) in [7, 11) is 1.20. The van der Waals surface area contributed by atoms with Crippen molar-refractivity contribution in [3.63, 3.8) is 0 Å². The average molecular weight is 260 g/mol. The molecule has 2 rings (SSSR count). The number of aromatic nitrogens is 1. The number of rotatable bonds is 3. The van der Waals surface area contributed by atoms with Crippen molar-refractivity contribution in [3.05, 3.63) is 23.9 Å². The smallest absolute Gasteiger partial charge is 0.411 e. The fourth-order valence-corrected chi connectivity index (χ4v) is 1.59. The number of nitrogens with zero attached hydrogens (tertiary/aromatic N) is 1. The first kappa shape index (κ1) is 12.7. The van der Waals surface area contributed by atoms with Gasteiger partial charge < -0.3 is 10.1 Å². The molecule has 1 aliphatic rings. The minimum atomic E-state index is -4.32.